The molecule has 5 heteroatoms. The highest BCUT2D eigenvalue weighted by atomic mass is 16.6. The van der Waals surface area contributed by atoms with Crippen molar-refractivity contribution in [3.63, 3.8) is 0 Å². The first kappa shape index (κ1) is 15.6. The third-order valence-corrected chi connectivity index (χ3v) is 4.84. The van der Waals surface area contributed by atoms with Crippen LogP contribution in [0, 0.1) is 5.92 Å². The second-order valence-corrected chi connectivity index (χ2v) is 6.15. The fraction of sp³-hybridized carbons (Fsp3) is 0.588. The molecule has 2 saturated heterocycles. The smallest absolute Gasteiger partial charge is 0.309 e. The summed E-state index contributed by atoms with van der Waals surface area (Å²) in [5.74, 6) is -0.177. The maximum Gasteiger partial charge on any atom is 0.309 e. The fourth-order valence-corrected chi connectivity index (χ4v) is 3.63. The number of esters is 1. The third-order valence-electron chi connectivity index (χ3n) is 4.84. The minimum Gasteiger partial charge on any atom is -0.461 e. The summed E-state index contributed by atoms with van der Waals surface area (Å²) in [6, 6.07) is 9.18. The van der Waals surface area contributed by atoms with Gasteiger partial charge in [-0.05, 0) is 12.0 Å². The molecule has 0 aliphatic carbocycles. The Hall–Kier alpha value is -1.33. The molecule has 2 aliphatic rings. The number of hydrogen-bond acceptors (Lipinski definition) is 4. The molecular formula is C17H21BO4. The Bertz CT molecular complexity index is 531. The lowest BCUT2D eigenvalue weighted by molar-refractivity contribution is -0.180. The van der Waals surface area contributed by atoms with E-state index in [4.69, 9.17) is 22.1 Å². The molecule has 3 rings (SSSR count). The van der Waals surface area contributed by atoms with E-state index >= 15 is 0 Å². The maximum absolute atomic E-state index is 12.3. The van der Waals surface area contributed by atoms with Gasteiger partial charge in [0.1, 0.15) is 20.1 Å². The predicted octanol–water partition coefficient (Wildman–Crippen LogP) is 2.20. The molecule has 2 aliphatic heterocycles. The van der Waals surface area contributed by atoms with Gasteiger partial charge in [0.05, 0.1) is 18.6 Å². The van der Waals surface area contributed by atoms with Crippen molar-refractivity contribution in [3.05, 3.63) is 35.9 Å². The first-order chi connectivity index (χ1) is 10.6. The molecule has 0 amide bonds. The van der Waals surface area contributed by atoms with E-state index in [1.807, 2.05) is 44.2 Å². The lowest BCUT2D eigenvalue weighted by atomic mass is 9.80. The van der Waals surface area contributed by atoms with Gasteiger partial charge in [0.25, 0.3) is 0 Å². The molecule has 2 heterocycles. The highest BCUT2D eigenvalue weighted by Crippen LogP contribution is 2.50. The monoisotopic (exact) mass is 300 g/mol. The first-order valence-corrected chi connectivity index (χ1v) is 7.85. The molecule has 0 saturated carbocycles. The first-order valence-electron chi connectivity index (χ1n) is 7.85. The van der Waals surface area contributed by atoms with E-state index in [-0.39, 0.29) is 37.1 Å². The molecule has 5 atom stereocenters. The largest absolute Gasteiger partial charge is 0.461 e. The van der Waals surface area contributed by atoms with E-state index in [0.29, 0.717) is 0 Å². The van der Waals surface area contributed by atoms with Gasteiger partial charge in [0.2, 0.25) is 0 Å². The summed E-state index contributed by atoms with van der Waals surface area (Å²) in [6.45, 7) is 4.35. The third kappa shape index (κ3) is 2.57. The Morgan fingerprint density at radius 1 is 1.36 bits per heavy atom. The van der Waals surface area contributed by atoms with E-state index in [9.17, 15) is 4.79 Å². The van der Waals surface area contributed by atoms with Crippen molar-refractivity contribution in [2.45, 2.75) is 57.1 Å². The zero-order valence-electron chi connectivity index (χ0n) is 13.0. The normalized spacial score (nSPS) is 36.5. The molecule has 1 unspecified atom stereocenters. The maximum atomic E-state index is 12.3. The van der Waals surface area contributed by atoms with Gasteiger partial charge < -0.3 is 14.2 Å². The number of rotatable bonds is 5. The Balaban J connectivity index is 1.64. The van der Waals surface area contributed by atoms with Gasteiger partial charge in [-0.1, -0.05) is 44.2 Å². The van der Waals surface area contributed by atoms with E-state index in [1.54, 1.807) is 0 Å². The van der Waals surface area contributed by atoms with Gasteiger partial charge in [-0.15, -0.1) is 0 Å². The zero-order chi connectivity index (χ0) is 15.7. The number of hydrogen-bond donors (Lipinski definition) is 0. The summed E-state index contributed by atoms with van der Waals surface area (Å²) in [7, 11) is 5.95. The lowest BCUT2D eigenvalue weighted by Crippen LogP contribution is -2.47. The van der Waals surface area contributed by atoms with Crippen LogP contribution in [0.15, 0.2) is 30.3 Å². The van der Waals surface area contributed by atoms with Gasteiger partial charge >= 0.3 is 5.97 Å². The molecule has 116 valence electrons. The predicted molar refractivity (Wildman–Crippen MR) is 82.3 cm³/mol. The number of ether oxygens (including phenoxy) is 3. The van der Waals surface area contributed by atoms with Crippen molar-refractivity contribution in [2.75, 3.05) is 0 Å². The molecule has 2 bridgehead atoms. The van der Waals surface area contributed by atoms with Crippen LogP contribution in [0.4, 0.5) is 0 Å². The molecule has 0 N–H and O–H groups in total. The zero-order valence-corrected chi connectivity index (χ0v) is 13.0. The SMILES string of the molecule is [B][C@@H]1O[C@]2(CC(=O)OCc3ccccc3)C(C)[C@@H]1O[C@H]2CC. The Kier molecular flexibility index (Phi) is 4.28. The van der Waals surface area contributed by atoms with Crippen LogP contribution in [-0.2, 0) is 25.6 Å². The van der Waals surface area contributed by atoms with E-state index < -0.39 is 11.6 Å². The molecule has 2 fully saturated rings. The van der Waals surface area contributed by atoms with Crippen LogP contribution < -0.4 is 0 Å². The molecule has 0 aromatic heterocycles. The fourth-order valence-electron chi connectivity index (χ4n) is 3.63. The molecule has 1 aromatic carbocycles. The summed E-state index contributed by atoms with van der Waals surface area (Å²) < 4.78 is 17.3. The molecule has 0 spiro atoms. The number of benzene rings is 1. The van der Waals surface area contributed by atoms with E-state index in [0.717, 1.165) is 12.0 Å². The van der Waals surface area contributed by atoms with Crippen molar-refractivity contribution < 1.29 is 19.0 Å². The van der Waals surface area contributed by atoms with Gasteiger partial charge in [0.15, 0.2) is 0 Å². The van der Waals surface area contributed by atoms with Crippen LogP contribution in [0.1, 0.15) is 32.3 Å². The van der Waals surface area contributed by atoms with Crippen molar-refractivity contribution in [3.8, 4) is 0 Å². The van der Waals surface area contributed by atoms with Crippen molar-refractivity contribution >= 4 is 13.8 Å². The van der Waals surface area contributed by atoms with Crippen LogP contribution in [0.2, 0.25) is 0 Å². The van der Waals surface area contributed by atoms with Crippen LogP contribution in [-0.4, -0.2) is 37.6 Å². The van der Waals surface area contributed by atoms with Crippen molar-refractivity contribution in [2.24, 2.45) is 5.92 Å². The van der Waals surface area contributed by atoms with Gasteiger partial charge in [-0.3, -0.25) is 4.79 Å². The Morgan fingerprint density at radius 3 is 2.73 bits per heavy atom. The Morgan fingerprint density at radius 2 is 2.09 bits per heavy atom. The van der Waals surface area contributed by atoms with Crippen LogP contribution in [0.25, 0.3) is 0 Å². The van der Waals surface area contributed by atoms with E-state index in [2.05, 4.69) is 0 Å². The highest BCUT2D eigenvalue weighted by molar-refractivity contribution is 6.11. The summed E-state index contributed by atoms with van der Waals surface area (Å²) in [4.78, 5) is 12.3. The van der Waals surface area contributed by atoms with Crippen LogP contribution in [0.5, 0.6) is 0 Å². The molecule has 1 aromatic rings. The van der Waals surface area contributed by atoms with Crippen LogP contribution in [0.3, 0.4) is 0 Å². The van der Waals surface area contributed by atoms with Gasteiger partial charge in [0, 0.05) is 11.9 Å². The highest BCUT2D eigenvalue weighted by Gasteiger charge is 2.63. The lowest BCUT2D eigenvalue weighted by Gasteiger charge is -2.36. The molecule has 2 radical (unpaired) electrons. The Labute approximate surface area is 132 Å². The van der Waals surface area contributed by atoms with Gasteiger partial charge in [-0.25, -0.2) is 0 Å². The van der Waals surface area contributed by atoms with Crippen molar-refractivity contribution in [1.82, 2.24) is 0 Å². The summed E-state index contributed by atoms with van der Waals surface area (Å²) in [6.07, 6.45) is 0.743. The average molecular weight is 300 g/mol. The minimum atomic E-state index is -0.646. The average Bonchev–Trinajstić information content (AvgIpc) is 2.91. The molecular weight excluding hydrogens is 279 g/mol. The number of fused-ring (bicyclic) bond motifs is 2. The second kappa shape index (κ2) is 6.05. The second-order valence-electron chi connectivity index (χ2n) is 6.15. The van der Waals surface area contributed by atoms with Crippen LogP contribution >= 0.6 is 0 Å². The summed E-state index contributed by atoms with van der Waals surface area (Å²) in [5.41, 5.74) is 0.324. The summed E-state index contributed by atoms with van der Waals surface area (Å²) >= 11 is 0. The number of carbonyl (C=O) groups is 1. The topological polar surface area (TPSA) is 44.8 Å². The quantitative estimate of drug-likeness (QED) is 0.618. The summed E-state index contributed by atoms with van der Waals surface area (Å²) in [5, 5.41) is 0. The molecule has 22 heavy (non-hydrogen) atoms. The molecule has 4 nitrogen and oxygen atoms in total. The van der Waals surface area contributed by atoms with E-state index in [1.165, 1.54) is 0 Å². The van der Waals surface area contributed by atoms with Gasteiger partial charge in [-0.2, -0.15) is 0 Å². The standard InChI is InChI=1S/C17H21BO4/c1-3-13-17(11(2)15(21-13)16(18)22-17)9-14(19)20-10-12-7-5-4-6-8-12/h4-8,11,13,15-16H,3,9-10H2,1-2H3/t11?,13-,15-,16+,17+/m0/s1. The minimum absolute atomic E-state index is 0.0942. The van der Waals surface area contributed by atoms with Crippen molar-refractivity contribution in [1.29, 1.82) is 0 Å². The number of carbonyl (C=O) groups excluding carboxylic acids is 1.